The van der Waals surface area contributed by atoms with Gasteiger partial charge in [-0.05, 0) is 42.8 Å². The Hall–Kier alpha value is -3.45. The Balaban J connectivity index is 1.96. The summed E-state index contributed by atoms with van der Waals surface area (Å²) in [7, 11) is 0. The standard InChI is InChI=1S/C19H13ClN5O2/c1-12-2-4-17(24-7-6-21-23-24)15(8-12)16-9-14(20)3-5-18(16)25-11-13(10-22-25)19(26)27/h2-3,5-11H,1H3,(H,26,27). The second kappa shape index (κ2) is 6.69. The summed E-state index contributed by atoms with van der Waals surface area (Å²) in [5.41, 5.74) is 4.09. The third-order valence-corrected chi connectivity index (χ3v) is 4.28. The molecule has 0 atom stereocenters. The summed E-state index contributed by atoms with van der Waals surface area (Å²) < 4.78 is 3.13. The first kappa shape index (κ1) is 17.0. The number of nitrogens with zero attached hydrogens (tertiary/aromatic N) is 5. The first-order chi connectivity index (χ1) is 13.0. The summed E-state index contributed by atoms with van der Waals surface area (Å²) in [6.07, 6.45) is 6.08. The van der Waals surface area contributed by atoms with Gasteiger partial charge in [0.25, 0.3) is 0 Å². The van der Waals surface area contributed by atoms with Crippen LogP contribution >= 0.6 is 11.6 Å². The van der Waals surface area contributed by atoms with E-state index in [0.717, 1.165) is 16.7 Å². The lowest BCUT2D eigenvalue weighted by Crippen LogP contribution is -2.03. The van der Waals surface area contributed by atoms with Crippen molar-refractivity contribution in [3.8, 4) is 22.5 Å². The molecule has 8 heteroatoms. The minimum Gasteiger partial charge on any atom is -0.478 e. The molecular weight excluding hydrogens is 366 g/mol. The highest BCUT2D eigenvalue weighted by atomic mass is 35.5. The number of carboxylic acid groups (broad SMARTS) is 1. The van der Waals surface area contributed by atoms with E-state index < -0.39 is 5.97 Å². The predicted octanol–water partition coefficient (Wildman–Crippen LogP) is 3.58. The van der Waals surface area contributed by atoms with Crippen LogP contribution in [0.1, 0.15) is 15.9 Å². The van der Waals surface area contributed by atoms with Crippen molar-refractivity contribution >= 4 is 17.6 Å². The van der Waals surface area contributed by atoms with Crippen molar-refractivity contribution in [3.05, 3.63) is 77.3 Å². The molecule has 4 rings (SSSR count). The number of hydrogen-bond donors (Lipinski definition) is 1. The van der Waals surface area contributed by atoms with Crippen molar-refractivity contribution in [2.45, 2.75) is 6.92 Å². The van der Waals surface area contributed by atoms with E-state index in [1.54, 1.807) is 29.2 Å². The molecule has 1 N–H and O–H groups in total. The molecule has 4 aromatic rings. The molecule has 0 saturated carbocycles. The fourth-order valence-corrected chi connectivity index (χ4v) is 2.98. The zero-order valence-corrected chi connectivity index (χ0v) is 14.9. The van der Waals surface area contributed by atoms with Crippen molar-refractivity contribution in [2.75, 3.05) is 0 Å². The Bertz CT molecular complexity index is 1130. The number of carboxylic acids is 1. The van der Waals surface area contributed by atoms with Gasteiger partial charge >= 0.3 is 5.97 Å². The molecule has 0 amide bonds. The normalized spacial score (nSPS) is 10.9. The van der Waals surface area contributed by atoms with Crippen LogP contribution in [0.2, 0.25) is 5.02 Å². The Morgan fingerprint density at radius 1 is 1.22 bits per heavy atom. The van der Waals surface area contributed by atoms with Crippen molar-refractivity contribution in [1.29, 1.82) is 0 Å². The zero-order valence-electron chi connectivity index (χ0n) is 14.2. The summed E-state index contributed by atoms with van der Waals surface area (Å²) in [6.45, 7) is 1.96. The lowest BCUT2D eigenvalue weighted by Gasteiger charge is -2.15. The van der Waals surface area contributed by atoms with E-state index in [-0.39, 0.29) is 5.56 Å². The predicted molar refractivity (Wildman–Crippen MR) is 99.5 cm³/mol. The van der Waals surface area contributed by atoms with E-state index >= 15 is 0 Å². The third kappa shape index (κ3) is 3.20. The molecule has 0 unspecified atom stereocenters. The average Bonchev–Trinajstić information content (AvgIpc) is 3.33. The molecule has 2 aromatic heterocycles. The van der Waals surface area contributed by atoms with E-state index in [1.807, 2.05) is 25.1 Å². The topological polar surface area (TPSA) is 85.8 Å². The molecule has 133 valence electrons. The van der Waals surface area contributed by atoms with Gasteiger partial charge in [-0.3, -0.25) is 0 Å². The summed E-state index contributed by atoms with van der Waals surface area (Å²) in [6, 6.07) is 12.4. The fourth-order valence-electron chi connectivity index (χ4n) is 2.81. The van der Waals surface area contributed by atoms with Crippen LogP contribution in [0.25, 0.3) is 22.5 Å². The first-order valence-corrected chi connectivity index (χ1v) is 8.38. The molecule has 0 aliphatic heterocycles. The lowest BCUT2D eigenvalue weighted by molar-refractivity contribution is 0.0697. The maximum atomic E-state index is 11.2. The second-order valence-electron chi connectivity index (χ2n) is 5.93. The van der Waals surface area contributed by atoms with Crippen molar-refractivity contribution in [2.24, 2.45) is 0 Å². The highest BCUT2D eigenvalue weighted by Crippen LogP contribution is 2.34. The fraction of sp³-hybridized carbons (Fsp3) is 0.0526. The molecule has 0 saturated heterocycles. The van der Waals surface area contributed by atoms with E-state index in [0.29, 0.717) is 16.4 Å². The Labute approximate surface area is 159 Å². The van der Waals surface area contributed by atoms with Crippen molar-refractivity contribution in [3.63, 3.8) is 0 Å². The minimum atomic E-state index is -1.04. The van der Waals surface area contributed by atoms with Crippen molar-refractivity contribution in [1.82, 2.24) is 24.8 Å². The SMILES string of the molecule is Cc1c[c]c(-n2ccnn2)c(-c2cc(Cl)ccc2-n2cc(C(=O)O)cn2)c1. The molecule has 0 aliphatic carbocycles. The smallest absolute Gasteiger partial charge is 0.338 e. The highest BCUT2D eigenvalue weighted by Gasteiger charge is 2.16. The molecule has 0 fully saturated rings. The van der Waals surface area contributed by atoms with Gasteiger partial charge in [-0.1, -0.05) is 16.8 Å². The summed E-state index contributed by atoms with van der Waals surface area (Å²) in [5, 5.41) is 21.8. The first-order valence-electron chi connectivity index (χ1n) is 8.00. The Morgan fingerprint density at radius 3 is 2.78 bits per heavy atom. The van der Waals surface area contributed by atoms with Gasteiger partial charge in [0.05, 0.1) is 35.5 Å². The molecule has 0 spiro atoms. The van der Waals surface area contributed by atoms with Crippen LogP contribution in [-0.2, 0) is 0 Å². The minimum absolute atomic E-state index is 0.100. The van der Waals surface area contributed by atoms with Crippen molar-refractivity contribution < 1.29 is 9.90 Å². The van der Waals surface area contributed by atoms with Crippen LogP contribution in [0.3, 0.4) is 0 Å². The molecule has 2 aromatic carbocycles. The van der Waals surface area contributed by atoms with E-state index in [9.17, 15) is 9.90 Å². The second-order valence-corrected chi connectivity index (χ2v) is 6.36. The molecular formula is C19H13ClN5O2. The maximum absolute atomic E-state index is 11.2. The van der Waals surface area contributed by atoms with Gasteiger partial charge in [0.1, 0.15) is 0 Å². The van der Waals surface area contributed by atoms with Gasteiger partial charge in [0.2, 0.25) is 0 Å². The maximum Gasteiger partial charge on any atom is 0.338 e. The van der Waals surface area contributed by atoms with E-state index in [4.69, 9.17) is 11.6 Å². The number of aryl methyl sites for hydroxylation is 1. The third-order valence-electron chi connectivity index (χ3n) is 4.04. The Kier molecular flexibility index (Phi) is 4.21. The molecule has 0 bridgehead atoms. The average molecular weight is 379 g/mol. The number of carbonyl (C=O) groups is 1. The molecule has 0 aliphatic rings. The number of benzene rings is 2. The largest absolute Gasteiger partial charge is 0.478 e. The van der Waals surface area contributed by atoms with Crippen LogP contribution in [0, 0.1) is 13.0 Å². The van der Waals surface area contributed by atoms with Gasteiger partial charge in [-0.25, -0.2) is 14.2 Å². The number of aromatic carboxylic acids is 1. The van der Waals surface area contributed by atoms with Crippen LogP contribution in [-0.4, -0.2) is 35.9 Å². The van der Waals surface area contributed by atoms with E-state index in [1.165, 1.54) is 17.1 Å². The molecule has 1 radical (unpaired) electrons. The van der Waals surface area contributed by atoms with Gasteiger partial charge in [0, 0.05) is 28.4 Å². The van der Waals surface area contributed by atoms with Gasteiger partial charge in [-0.2, -0.15) is 5.10 Å². The molecule has 27 heavy (non-hydrogen) atoms. The van der Waals surface area contributed by atoms with Gasteiger partial charge in [-0.15, -0.1) is 5.10 Å². The zero-order chi connectivity index (χ0) is 19.0. The quantitative estimate of drug-likeness (QED) is 0.586. The Morgan fingerprint density at radius 2 is 2.07 bits per heavy atom. The van der Waals surface area contributed by atoms with Crippen LogP contribution in [0.15, 0.2) is 55.1 Å². The number of halogens is 1. The van der Waals surface area contributed by atoms with Gasteiger partial charge < -0.3 is 5.11 Å². The monoisotopic (exact) mass is 378 g/mol. The number of aromatic nitrogens is 5. The van der Waals surface area contributed by atoms with Gasteiger partial charge in [0.15, 0.2) is 0 Å². The number of hydrogen-bond acceptors (Lipinski definition) is 4. The van der Waals surface area contributed by atoms with Crippen LogP contribution < -0.4 is 0 Å². The molecule has 7 nitrogen and oxygen atoms in total. The van der Waals surface area contributed by atoms with Crippen LogP contribution in [0.5, 0.6) is 0 Å². The summed E-state index contributed by atoms with van der Waals surface area (Å²) in [5.74, 6) is -1.04. The van der Waals surface area contributed by atoms with Crippen LogP contribution in [0.4, 0.5) is 0 Å². The summed E-state index contributed by atoms with van der Waals surface area (Å²) in [4.78, 5) is 11.2. The number of rotatable bonds is 4. The summed E-state index contributed by atoms with van der Waals surface area (Å²) >= 11 is 6.26. The van der Waals surface area contributed by atoms with E-state index in [2.05, 4.69) is 21.5 Å². The molecule has 2 heterocycles. The highest BCUT2D eigenvalue weighted by molar-refractivity contribution is 6.31. The lowest BCUT2D eigenvalue weighted by atomic mass is 9.99.